The molecule has 0 aliphatic carbocycles. The second kappa shape index (κ2) is 11.0. The van der Waals surface area contributed by atoms with Gasteiger partial charge in [-0.2, -0.15) is 0 Å². The Labute approximate surface area is 185 Å². The predicted octanol–water partition coefficient (Wildman–Crippen LogP) is 2.95. The van der Waals surface area contributed by atoms with Crippen molar-refractivity contribution < 1.29 is 14.3 Å². The zero-order chi connectivity index (χ0) is 22.2. The summed E-state index contributed by atoms with van der Waals surface area (Å²) in [6, 6.07) is 16.2. The Kier molecular flexibility index (Phi) is 8.06. The second-order valence-electron chi connectivity index (χ2n) is 8.10. The Balaban J connectivity index is 1.89. The number of ether oxygens (including phenoxy) is 1. The molecule has 3 rings (SSSR count). The molecule has 1 aliphatic rings. The van der Waals surface area contributed by atoms with Crippen LogP contribution in [-0.2, 0) is 16.0 Å². The van der Waals surface area contributed by atoms with Crippen molar-refractivity contribution in [2.24, 2.45) is 11.7 Å². The number of amides is 2. The minimum atomic E-state index is -0.306. The number of methoxy groups -OCH3 is 1. The molecule has 2 aromatic carbocycles. The van der Waals surface area contributed by atoms with Crippen LogP contribution in [0.3, 0.4) is 0 Å². The van der Waals surface area contributed by atoms with Crippen LogP contribution in [0.1, 0.15) is 25.3 Å². The molecule has 6 heteroatoms. The van der Waals surface area contributed by atoms with Crippen LogP contribution in [0, 0.1) is 5.92 Å². The molecule has 0 unspecified atom stereocenters. The average Bonchev–Trinajstić information content (AvgIpc) is 2.92. The predicted molar refractivity (Wildman–Crippen MR) is 123 cm³/mol. The first-order valence-electron chi connectivity index (χ1n) is 11.0. The van der Waals surface area contributed by atoms with Gasteiger partial charge in [-0.25, -0.2) is 0 Å². The Morgan fingerprint density at radius 3 is 2.48 bits per heavy atom. The van der Waals surface area contributed by atoms with E-state index in [1.54, 1.807) is 7.11 Å². The molecule has 1 saturated heterocycles. The summed E-state index contributed by atoms with van der Waals surface area (Å²) in [7, 11) is 1.68. The summed E-state index contributed by atoms with van der Waals surface area (Å²) in [5.74, 6) is 0.535. The van der Waals surface area contributed by atoms with E-state index in [1.165, 1.54) is 0 Å². The Bertz CT molecular complexity index is 899. The SMILES string of the molecule is CCCN1CCN(CCC(N)=O)C[C@H](Cc2ccccc2-c2ccccc2OC)C1=O. The highest BCUT2D eigenvalue weighted by Crippen LogP contribution is 2.33. The molecule has 0 aromatic heterocycles. The lowest BCUT2D eigenvalue weighted by atomic mass is 9.91. The van der Waals surface area contributed by atoms with Crippen molar-refractivity contribution in [1.82, 2.24) is 9.80 Å². The van der Waals surface area contributed by atoms with Crippen molar-refractivity contribution in [2.45, 2.75) is 26.2 Å². The number of primary amides is 1. The lowest BCUT2D eigenvalue weighted by Crippen LogP contribution is -2.38. The first kappa shape index (κ1) is 22.8. The van der Waals surface area contributed by atoms with Crippen LogP contribution in [-0.4, -0.2) is 61.4 Å². The van der Waals surface area contributed by atoms with Crippen LogP contribution >= 0.6 is 0 Å². The van der Waals surface area contributed by atoms with Gasteiger partial charge in [0, 0.05) is 44.7 Å². The highest BCUT2D eigenvalue weighted by Gasteiger charge is 2.30. The van der Waals surface area contributed by atoms with Crippen molar-refractivity contribution in [2.75, 3.05) is 39.8 Å². The van der Waals surface area contributed by atoms with E-state index >= 15 is 0 Å². The Hall–Kier alpha value is -2.86. The van der Waals surface area contributed by atoms with Crippen LogP contribution in [0.5, 0.6) is 5.75 Å². The molecule has 6 nitrogen and oxygen atoms in total. The number of benzene rings is 2. The number of carbonyl (C=O) groups is 2. The molecule has 2 aromatic rings. The maximum absolute atomic E-state index is 13.4. The summed E-state index contributed by atoms with van der Waals surface area (Å²) in [6.45, 7) is 5.53. The second-order valence-corrected chi connectivity index (χ2v) is 8.10. The standard InChI is InChI=1S/C25H33N3O3/c1-3-13-28-16-15-27(14-12-24(26)29)18-20(25(28)30)17-19-8-4-5-9-21(19)22-10-6-7-11-23(22)31-2/h4-11,20H,3,12-18H2,1-2H3,(H2,26,29)/t20-/m0/s1. The zero-order valence-corrected chi connectivity index (χ0v) is 18.5. The lowest BCUT2D eigenvalue weighted by molar-refractivity contribution is -0.134. The van der Waals surface area contributed by atoms with Gasteiger partial charge < -0.3 is 20.3 Å². The van der Waals surface area contributed by atoms with E-state index in [9.17, 15) is 9.59 Å². The van der Waals surface area contributed by atoms with Gasteiger partial charge in [0.1, 0.15) is 5.75 Å². The number of nitrogens with two attached hydrogens (primary N) is 1. The molecular weight excluding hydrogens is 390 g/mol. The Morgan fingerprint density at radius 2 is 1.77 bits per heavy atom. The molecule has 2 amide bonds. The van der Waals surface area contributed by atoms with Crippen LogP contribution in [0.15, 0.2) is 48.5 Å². The third-order valence-electron chi connectivity index (χ3n) is 5.87. The zero-order valence-electron chi connectivity index (χ0n) is 18.5. The van der Waals surface area contributed by atoms with Gasteiger partial charge in [0.2, 0.25) is 11.8 Å². The van der Waals surface area contributed by atoms with E-state index in [-0.39, 0.29) is 17.7 Å². The maximum atomic E-state index is 13.4. The lowest BCUT2D eigenvalue weighted by Gasteiger charge is -2.25. The van der Waals surface area contributed by atoms with Crippen LogP contribution in [0.4, 0.5) is 0 Å². The molecule has 0 saturated carbocycles. The van der Waals surface area contributed by atoms with Crippen LogP contribution in [0.25, 0.3) is 11.1 Å². The Morgan fingerprint density at radius 1 is 1.06 bits per heavy atom. The van der Waals surface area contributed by atoms with Gasteiger partial charge in [0.15, 0.2) is 0 Å². The average molecular weight is 424 g/mol. The molecule has 1 atom stereocenters. The minimum Gasteiger partial charge on any atom is -0.496 e. The smallest absolute Gasteiger partial charge is 0.227 e. The van der Waals surface area contributed by atoms with E-state index < -0.39 is 0 Å². The number of hydrogen-bond acceptors (Lipinski definition) is 4. The fourth-order valence-electron chi connectivity index (χ4n) is 4.32. The number of nitrogens with zero attached hydrogens (tertiary/aromatic N) is 2. The highest BCUT2D eigenvalue weighted by molar-refractivity contribution is 5.81. The van der Waals surface area contributed by atoms with Crippen molar-refractivity contribution in [1.29, 1.82) is 0 Å². The summed E-state index contributed by atoms with van der Waals surface area (Å²) in [4.78, 5) is 28.9. The number of carbonyl (C=O) groups excluding carboxylic acids is 2. The molecule has 1 fully saturated rings. The topological polar surface area (TPSA) is 75.9 Å². The van der Waals surface area contributed by atoms with Crippen LogP contribution in [0.2, 0.25) is 0 Å². The summed E-state index contributed by atoms with van der Waals surface area (Å²) in [5.41, 5.74) is 8.60. The normalized spacial score (nSPS) is 17.4. The van der Waals surface area contributed by atoms with Gasteiger partial charge in [-0.3, -0.25) is 9.59 Å². The number of hydrogen-bond donors (Lipinski definition) is 1. The van der Waals surface area contributed by atoms with E-state index in [2.05, 4.69) is 30.0 Å². The summed E-state index contributed by atoms with van der Waals surface area (Å²) < 4.78 is 5.58. The molecule has 31 heavy (non-hydrogen) atoms. The van der Waals surface area contributed by atoms with Gasteiger partial charge in [-0.05, 0) is 30.0 Å². The summed E-state index contributed by atoms with van der Waals surface area (Å²) in [5, 5.41) is 0. The van der Waals surface area contributed by atoms with Crippen molar-refractivity contribution in [3.8, 4) is 16.9 Å². The highest BCUT2D eigenvalue weighted by atomic mass is 16.5. The quantitative estimate of drug-likeness (QED) is 0.673. The van der Waals surface area contributed by atoms with E-state index in [1.807, 2.05) is 35.2 Å². The molecular formula is C25H33N3O3. The molecule has 1 heterocycles. The molecule has 2 N–H and O–H groups in total. The van der Waals surface area contributed by atoms with Crippen LogP contribution < -0.4 is 10.5 Å². The molecule has 1 aliphatic heterocycles. The van der Waals surface area contributed by atoms with Crippen molar-refractivity contribution in [3.05, 3.63) is 54.1 Å². The summed E-state index contributed by atoms with van der Waals surface area (Å²) >= 11 is 0. The third kappa shape index (κ3) is 5.85. The fourth-order valence-corrected chi connectivity index (χ4v) is 4.32. The molecule has 166 valence electrons. The van der Waals surface area contributed by atoms with Gasteiger partial charge >= 0.3 is 0 Å². The largest absolute Gasteiger partial charge is 0.496 e. The fraction of sp³-hybridized carbons (Fsp3) is 0.440. The van der Waals surface area contributed by atoms with Gasteiger partial charge in [0.25, 0.3) is 0 Å². The summed E-state index contributed by atoms with van der Waals surface area (Å²) in [6.07, 6.45) is 1.88. The van der Waals surface area contributed by atoms with Gasteiger partial charge in [-0.1, -0.05) is 49.4 Å². The van der Waals surface area contributed by atoms with Crippen molar-refractivity contribution >= 4 is 11.8 Å². The molecule has 0 spiro atoms. The van der Waals surface area contributed by atoms with Gasteiger partial charge in [0.05, 0.1) is 13.0 Å². The first-order valence-corrected chi connectivity index (χ1v) is 11.0. The maximum Gasteiger partial charge on any atom is 0.227 e. The van der Waals surface area contributed by atoms with Gasteiger partial charge in [-0.15, -0.1) is 0 Å². The van der Waals surface area contributed by atoms with E-state index in [0.717, 1.165) is 42.0 Å². The molecule has 0 radical (unpaired) electrons. The third-order valence-corrected chi connectivity index (χ3v) is 5.87. The monoisotopic (exact) mass is 423 g/mol. The minimum absolute atomic E-state index is 0.169. The first-order chi connectivity index (χ1) is 15.0. The van der Waals surface area contributed by atoms with E-state index in [0.29, 0.717) is 32.5 Å². The molecule has 0 bridgehead atoms. The van der Waals surface area contributed by atoms with E-state index in [4.69, 9.17) is 10.5 Å². The number of para-hydroxylation sites is 1. The van der Waals surface area contributed by atoms with Crippen molar-refractivity contribution in [3.63, 3.8) is 0 Å². The number of rotatable bonds is 9.